The fourth-order valence-electron chi connectivity index (χ4n) is 4.31. The molecule has 1 amide bonds. The number of carbonyl (C=O) groups is 1. The Balaban J connectivity index is 1.52. The fourth-order valence-corrected chi connectivity index (χ4v) is 4.31. The van der Waals surface area contributed by atoms with Gasteiger partial charge in [0.05, 0.1) is 18.4 Å². The molecule has 2 N–H and O–H groups in total. The largest absolute Gasteiger partial charge is 0.491 e. The van der Waals surface area contributed by atoms with Gasteiger partial charge in [-0.25, -0.2) is 4.98 Å². The number of rotatable bonds is 7. The predicted octanol–water partition coefficient (Wildman–Crippen LogP) is 1.36. The van der Waals surface area contributed by atoms with Gasteiger partial charge in [0, 0.05) is 31.2 Å². The number of ether oxygens (including phenoxy) is 2. The number of amides is 1. The Morgan fingerprint density at radius 3 is 2.88 bits per heavy atom. The smallest absolute Gasteiger partial charge is 0.282 e. The molecule has 4 heterocycles. The lowest BCUT2D eigenvalue weighted by molar-refractivity contribution is 0.0461. The van der Waals surface area contributed by atoms with Crippen molar-refractivity contribution < 1.29 is 19.4 Å². The second kappa shape index (κ2) is 9.40. The van der Waals surface area contributed by atoms with Crippen LogP contribution in [0.5, 0.6) is 11.5 Å². The molecule has 2 aromatic heterocycles. The molecule has 0 aliphatic carbocycles. The summed E-state index contributed by atoms with van der Waals surface area (Å²) in [7, 11) is 1.55. The zero-order valence-corrected chi connectivity index (χ0v) is 19.3. The van der Waals surface area contributed by atoms with Crippen LogP contribution in [0.25, 0.3) is 10.9 Å². The Kier molecular flexibility index (Phi) is 6.16. The van der Waals surface area contributed by atoms with Crippen molar-refractivity contribution in [1.29, 1.82) is 0 Å². The molecule has 1 atom stereocenters. The lowest BCUT2D eigenvalue weighted by Crippen LogP contribution is -2.43. The highest BCUT2D eigenvalue weighted by atomic mass is 16.5. The molecule has 2 aliphatic rings. The Labute approximate surface area is 196 Å². The molecule has 3 aromatic rings. The van der Waals surface area contributed by atoms with Gasteiger partial charge in [-0.05, 0) is 50.7 Å². The SMILES string of the molecule is COc1c(OC[C@@H](O)CN2CCC2)ccc2c3n(c(=NC(=O)c4cccnc4C)nc12)CCN3. The van der Waals surface area contributed by atoms with Crippen molar-refractivity contribution >= 4 is 22.6 Å². The minimum atomic E-state index is -0.600. The van der Waals surface area contributed by atoms with E-state index in [4.69, 9.17) is 14.5 Å². The molecular weight excluding hydrogens is 436 g/mol. The highest BCUT2D eigenvalue weighted by molar-refractivity contribution is 5.97. The average Bonchev–Trinajstić information content (AvgIpc) is 3.30. The van der Waals surface area contributed by atoms with Gasteiger partial charge in [-0.2, -0.15) is 4.99 Å². The number of aromatic nitrogens is 3. The molecule has 10 nitrogen and oxygen atoms in total. The van der Waals surface area contributed by atoms with E-state index in [0.29, 0.717) is 47.9 Å². The lowest BCUT2D eigenvalue weighted by Gasteiger charge is -2.32. The molecule has 1 aromatic carbocycles. The third-order valence-electron chi connectivity index (χ3n) is 6.19. The normalized spacial score (nSPS) is 16.6. The van der Waals surface area contributed by atoms with E-state index in [2.05, 4.69) is 20.2 Å². The third-order valence-corrected chi connectivity index (χ3v) is 6.19. The number of aliphatic hydroxyl groups excluding tert-OH is 1. The molecule has 0 spiro atoms. The van der Waals surface area contributed by atoms with Crippen molar-refractivity contribution in [2.24, 2.45) is 4.99 Å². The quantitative estimate of drug-likeness (QED) is 0.539. The number of nitrogens with one attached hydrogen (secondary N) is 1. The van der Waals surface area contributed by atoms with E-state index in [1.165, 1.54) is 6.42 Å². The fraction of sp³-hybridized carbons (Fsp3) is 0.417. The van der Waals surface area contributed by atoms with Crippen LogP contribution in [0.4, 0.5) is 5.82 Å². The van der Waals surface area contributed by atoms with Crippen LogP contribution in [0, 0.1) is 6.92 Å². The van der Waals surface area contributed by atoms with Gasteiger partial charge in [-0.1, -0.05) is 0 Å². The number of benzene rings is 1. The topological polar surface area (TPSA) is 114 Å². The van der Waals surface area contributed by atoms with E-state index >= 15 is 0 Å². The van der Waals surface area contributed by atoms with E-state index < -0.39 is 12.0 Å². The minimum absolute atomic E-state index is 0.145. The van der Waals surface area contributed by atoms with Crippen LogP contribution in [0.2, 0.25) is 0 Å². The summed E-state index contributed by atoms with van der Waals surface area (Å²) >= 11 is 0. The van der Waals surface area contributed by atoms with E-state index in [1.54, 1.807) is 32.4 Å². The predicted molar refractivity (Wildman–Crippen MR) is 126 cm³/mol. The number of anilines is 1. The van der Waals surface area contributed by atoms with Crippen molar-refractivity contribution in [2.45, 2.75) is 26.0 Å². The van der Waals surface area contributed by atoms with Crippen LogP contribution in [-0.2, 0) is 6.54 Å². The van der Waals surface area contributed by atoms with E-state index in [0.717, 1.165) is 24.3 Å². The van der Waals surface area contributed by atoms with Crippen LogP contribution in [0.15, 0.2) is 35.5 Å². The summed E-state index contributed by atoms with van der Waals surface area (Å²) < 4.78 is 13.5. The standard InChI is InChI=1S/C24H28N6O4/c1-15-17(5-3-8-25-15)23(32)28-24-27-20-18(22-26-9-12-30(22)24)6-7-19(21(20)33-2)34-14-16(31)13-29-10-4-11-29/h3,5-8,16,26,31H,4,9-14H2,1-2H3/t16-/m0/s1. The lowest BCUT2D eigenvalue weighted by atomic mass is 10.2. The number of carbonyl (C=O) groups excluding carboxylic acids is 1. The molecule has 2 aliphatic heterocycles. The summed E-state index contributed by atoms with van der Waals surface area (Å²) in [4.78, 5) is 28.3. The van der Waals surface area contributed by atoms with Gasteiger partial charge in [0.15, 0.2) is 11.5 Å². The number of hydrogen-bond acceptors (Lipinski definition) is 8. The molecule has 5 rings (SSSR count). The minimum Gasteiger partial charge on any atom is -0.491 e. The van der Waals surface area contributed by atoms with Crippen molar-refractivity contribution in [3.63, 3.8) is 0 Å². The Morgan fingerprint density at radius 2 is 2.15 bits per heavy atom. The van der Waals surface area contributed by atoms with Gasteiger partial charge < -0.3 is 24.8 Å². The summed E-state index contributed by atoms with van der Waals surface area (Å²) in [5.74, 6) is 1.34. The van der Waals surface area contributed by atoms with Gasteiger partial charge >= 0.3 is 0 Å². The first-order valence-electron chi connectivity index (χ1n) is 11.4. The van der Waals surface area contributed by atoms with E-state index in [1.807, 2.05) is 16.7 Å². The Hall–Kier alpha value is -3.50. The van der Waals surface area contributed by atoms with Crippen LogP contribution in [0.3, 0.4) is 0 Å². The number of aliphatic hydroxyl groups is 1. The first-order chi connectivity index (χ1) is 16.5. The Bertz CT molecular complexity index is 1300. The average molecular weight is 465 g/mol. The van der Waals surface area contributed by atoms with Gasteiger partial charge in [-0.15, -0.1) is 0 Å². The molecule has 178 valence electrons. The number of fused-ring (bicyclic) bond motifs is 3. The van der Waals surface area contributed by atoms with Crippen molar-refractivity contribution in [2.75, 3.05) is 45.2 Å². The molecule has 0 bridgehead atoms. The van der Waals surface area contributed by atoms with E-state index in [-0.39, 0.29) is 12.2 Å². The zero-order chi connectivity index (χ0) is 23.7. The summed E-state index contributed by atoms with van der Waals surface area (Å²) in [6.45, 7) is 5.87. The maximum Gasteiger partial charge on any atom is 0.282 e. The third kappa shape index (κ3) is 4.22. The van der Waals surface area contributed by atoms with Crippen LogP contribution in [-0.4, -0.2) is 76.4 Å². The second-order valence-electron chi connectivity index (χ2n) is 8.50. The summed E-state index contributed by atoms with van der Waals surface area (Å²) in [6, 6.07) is 7.14. The van der Waals surface area contributed by atoms with Gasteiger partial charge in [0.2, 0.25) is 5.62 Å². The first kappa shape index (κ1) is 22.3. The molecule has 34 heavy (non-hydrogen) atoms. The first-order valence-corrected chi connectivity index (χ1v) is 11.4. The van der Waals surface area contributed by atoms with Gasteiger partial charge in [0.1, 0.15) is 24.0 Å². The maximum atomic E-state index is 12.9. The zero-order valence-electron chi connectivity index (χ0n) is 19.3. The molecular formula is C24H28N6O4. The van der Waals surface area contributed by atoms with Crippen molar-refractivity contribution in [1.82, 2.24) is 19.4 Å². The molecule has 0 unspecified atom stereocenters. The molecule has 1 saturated heterocycles. The Morgan fingerprint density at radius 1 is 1.29 bits per heavy atom. The van der Waals surface area contributed by atoms with Crippen LogP contribution >= 0.6 is 0 Å². The molecule has 10 heteroatoms. The van der Waals surface area contributed by atoms with Crippen LogP contribution in [0.1, 0.15) is 22.5 Å². The molecule has 0 saturated carbocycles. The number of likely N-dealkylation sites (tertiary alicyclic amines) is 1. The number of methoxy groups -OCH3 is 1. The number of hydrogen-bond donors (Lipinski definition) is 2. The molecule has 1 fully saturated rings. The monoisotopic (exact) mass is 464 g/mol. The van der Waals surface area contributed by atoms with E-state index in [9.17, 15) is 9.90 Å². The van der Waals surface area contributed by atoms with Gasteiger partial charge in [-0.3, -0.25) is 14.3 Å². The van der Waals surface area contributed by atoms with Gasteiger partial charge in [0.25, 0.3) is 5.91 Å². The molecule has 0 radical (unpaired) electrons. The maximum absolute atomic E-state index is 12.9. The number of pyridine rings is 1. The second-order valence-corrected chi connectivity index (χ2v) is 8.50. The summed E-state index contributed by atoms with van der Waals surface area (Å²) in [5.41, 5.74) is 1.87. The van der Waals surface area contributed by atoms with Crippen molar-refractivity contribution in [3.05, 3.63) is 47.3 Å². The van der Waals surface area contributed by atoms with Crippen LogP contribution < -0.4 is 20.4 Å². The van der Waals surface area contributed by atoms with Crippen molar-refractivity contribution in [3.8, 4) is 11.5 Å². The number of β-amino-alcohol motifs (C(OH)–C–C–N with tert-alkyl or cyclic N) is 1. The number of nitrogens with zero attached hydrogens (tertiary/aromatic N) is 5. The summed E-state index contributed by atoms with van der Waals surface area (Å²) in [5, 5.41) is 14.5. The highest BCUT2D eigenvalue weighted by Crippen LogP contribution is 2.37. The number of aryl methyl sites for hydroxylation is 1. The summed E-state index contributed by atoms with van der Waals surface area (Å²) in [6.07, 6.45) is 2.21. The highest BCUT2D eigenvalue weighted by Gasteiger charge is 2.22.